The second-order valence-electron chi connectivity index (χ2n) is 2.36. The highest BCUT2D eigenvalue weighted by Crippen LogP contribution is 2.03. The maximum absolute atomic E-state index is 5.43. The van der Waals surface area contributed by atoms with Crippen molar-refractivity contribution in [2.24, 2.45) is 0 Å². The Morgan fingerprint density at radius 3 is 2.67 bits per heavy atom. The maximum atomic E-state index is 5.43. The summed E-state index contributed by atoms with van der Waals surface area (Å²) in [5, 5.41) is 0. The topological polar surface area (TPSA) is 56.7 Å². The van der Waals surface area contributed by atoms with Crippen LogP contribution in [0.3, 0.4) is 0 Å². The SMILES string of the molecule is Nc1nccc(-n2cccc2)n1. The molecule has 0 aliphatic heterocycles. The molecule has 0 bridgehead atoms. The van der Waals surface area contributed by atoms with E-state index in [0.29, 0.717) is 5.95 Å². The molecule has 4 nitrogen and oxygen atoms in total. The van der Waals surface area contributed by atoms with Gasteiger partial charge in [0.05, 0.1) is 0 Å². The van der Waals surface area contributed by atoms with E-state index in [2.05, 4.69) is 9.97 Å². The number of hydrogen-bond acceptors (Lipinski definition) is 3. The largest absolute Gasteiger partial charge is 0.368 e. The molecule has 12 heavy (non-hydrogen) atoms. The first-order valence-electron chi connectivity index (χ1n) is 3.58. The minimum atomic E-state index is 0.293. The predicted octanol–water partition coefficient (Wildman–Crippen LogP) is 0.850. The van der Waals surface area contributed by atoms with Gasteiger partial charge in [-0.2, -0.15) is 4.98 Å². The molecule has 2 heterocycles. The van der Waals surface area contributed by atoms with Crippen LogP contribution in [0, 0.1) is 0 Å². The summed E-state index contributed by atoms with van der Waals surface area (Å²) in [4.78, 5) is 7.85. The monoisotopic (exact) mass is 160 g/mol. The molecular weight excluding hydrogens is 152 g/mol. The van der Waals surface area contributed by atoms with Gasteiger partial charge in [0.25, 0.3) is 0 Å². The lowest BCUT2D eigenvalue weighted by atomic mass is 10.6. The molecule has 0 aliphatic rings. The van der Waals surface area contributed by atoms with E-state index in [1.165, 1.54) is 0 Å². The smallest absolute Gasteiger partial charge is 0.221 e. The van der Waals surface area contributed by atoms with E-state index in [1.54, 1.807) is 12.3 Å². The summed E-state index contributed by atoms with van der Waals surface area (Å²) in [6, 6.07) is 5.66. The highest BCUT2D eigenvalue weighted by Gasteiger charge is 1.95. The van der Waals surface area contributed by atoms with E-state index >= 15 is 0 Å². The zero-order chi connectivity index (χ0) is 8.39. The predicted molar refractivity (Wildman–Crippen MR) is 45.8 cm³/mol. The summed E-state index contributed by atoms with van der Waals surface area (Å²) in [6.45, 7) is 0. The van der Waals surface area contributed by atoms with Crippen LogP contribution < -0.4 is 5.73 Å². The molecule has 0 unspecified atom stereocenters. The third-order valence-electron chi connectivity index (χ3n) is 1.53. The van der Waals surface area contributed by atoms with Crippen molar-refractivity contribution in [2.75, 3.05) is 5.73 Å². The molecule has 0 fully saturated rings. The quantitative estimate of drug-likeness (QED) is 0.672. The Kier molecular flexibility index (Phi) is 1.51. The molecule has 2 aromatic rings. The van der Waals surface area contributed by atoms with Gasteiger partial charge in [0, 0.05) is 18.6 Å². The Morgan fingerprint density at radius 2 is 2.00 bits per heavy atom. The van der Waals surface area contributed by atoms with Crippen LogP contribution in [0.5, 0.6) is 0 Å². The molecule has 0 atom stereocenters. The first-order chi connectivity index (χ1) is 5.86. The second-order valence-corrected chi connectivity index (χ2v) is 2.36. The minimum absolute atomic E-state index is 0.293. The Morgan fingerprint density at radius 1 is 1.25 bits per heavy atom. The Balaban J connectivity index is 2.48. The van der Waals surface area contributed by atoms with Crippen molar-refractivity contribution >= 4 is 5.95 Å². The summed E-state index contributed by atoms with van der Waals surface area (Å²) in [7, 11) is 0. The first kappa shape index (κ1) is 6.84. The maximum Gasteiger partial charge on any atom is 0.221 e. The molecule has 2 N–H and O–H groups in total. The van der Waals surface area contributed by atoms with Gasteiger partial charge in [0.2, 0.25) is 5.95 Å². The lowest BCUT2D eigenvalue weighted by Crippen LogP contribution is -1.99. The number of rotatable bonds is 1. The highest BCUT2D eigenvalue weighted by molar-refractivity contribution is 5.28. The Hall–Kier alpha value is -1.84. The third-order valence-corrected chi connectivity index (χ3v) is 1.53. The number of nitrogens with two attached hydrogens (primary N) is 1. The molecule has 2 aromatic heterocycles. The molecule has 0 radical (unpaired) electrons. The van der Waals surface area contributed by atoms with Gasteiger partial charge in [-0.15, -0.1) is 0 Å². The molecule has 0 aliphatic carbocycles. The molecule has 0 amide bonds. The molecule has 0 aromatic carbocycles. The normalized spacial score (nSPS) is 10.0. The van der Waals surface area contributed by atoms with Crippen LogP contribution in [0.25, 0.3) is 5.82 Å². The van der Waals surface area contributed by atoms with Gasteiger partial charge >= 0.3 is 0 Å². The zero-order valence-corrected chi connectivity index (χ0v) is 6.38. The van der Waals surface area contributed by atoms with Crippen molar-refractivity contribution in [3.05, 3.63) is 36.8 Å². The van der Waals surface area contributed by atoms with Crippen LogP contribution >= 0.6 is 0 Å². The van der Waals surface area contributed by atoms with Crippen LogP contribution in [-0.4, -0.2) is 14.5 Å². The van der Waals surface area contributed by atoms with Crippen LogP contribution in [-0.2, 0) is 0 Å². The Bertz CT molecular complexity index is 366. The first-order valence-corrected chi connectivity index (χ1v) is 3.58. The fourth-order valence-electron chi connectivity index (χ4n) is 0.995. The van der Waals surface area contributed by atoms with Gasteiger partial charge in [-0.25, -0.2) is 4.98 Å². The second kappa shape index (κ2) is 2.65. The van der Waals surface area contributed by atoms with E-state index in [-0.39, 0.29) is 0 Å². The van der Waals surface area contributed by atoms with Gasteiger partial charge in [0.15, 0.2) is 0 Å². The minimum Gasteiger partial charge on any atom is -0.368 e. The van der Waals surface area contributed by atoms with Crippen LogP contribution in [0.2, 0.25) is 0 Å². The fourth-order valence-corrected chi connectivity index (χ4v) is 0.995. The molecule has 60 valence electrons. The number of nitrogen functional groups attached to an aromatic ring is 1. The lowest BCUT2D eigenvalue weighted by Gasteiger charge is -2.00. The van der Waals surface area contributed by atoms with E-state index < -0.39 is 0 Å². The van der Waals surface area contributed by atoms with Crippen molar-refractivity contribution in [3.8, 4) is 5.82 Å². The average molecular weight is 160 g/mol. The van der Waals surface area contributed by atoms with Crippen LogP contribution in [0.4, 0.5) is 5.95 Å². The van der Waals surface area contributed by atoms with Crippen LogP contribution in [0.15, 0.2) is 36.8 Å². The highest BCUT2D eigenvalue weighted by atomic mass is 15.1. The van der Waals surface area contributed by atoms with Crippen LogP contribution in [0.1, 0.15) is 0 Å². The lowest BCUT2D eigenvalue weighted by molar-refractivity contribution is 0.991. The summed E-state index contributed by atoms with van der Waals surface area (Å²) in [5.41, 5.74) is 5.43. The van der Waals surface area contributed by atoms with Crippen molar-refractivity contribution in [3.63, 3.8) is 0 Å². The molecule has 4 heteroatoms. The molecule has 0 saturated carbocycles. The van der Waals surface area contributed by atoms with Gasteiger partial charge in [-0.05, 0) is 18.2 Å². The van der Waals surface area contributed by atoms with E-state index in [4.69, 9.17) is 5.73 Å². The van der Waals surface area contributed by atoms with E-state index in [1.807, 2.05) is 29.1 Å². The van der Waals surface area contributed by atoms with Gasteiger partial charge in [-0.3, -0.25) is 0 Å². The van der Waals surface area contributed by atoms with Crippen molar-refractivity contribution in [1.82, 2.24) is 14.5 Å². The third kappa shape index (κ3) is 1.14. The zero-order valence-electron chi connectivity index (χ0n) is 6.38. The number of anilines is 1. The summed E-state index contributed by atoms with van der Waals surface area (Å²) in [6.07, 6.45) is 5.45. The summed E-state index contributed by atoms with van der Waals surface area (Å²) in [5.74, 6) is 1.08. The summed E-state index contributed by atoms with van der Waals surface area (Å²) < 4.78 is 1.87. The van der Waals surface area contributed by atoms with E-state index in [9.17, 15) is 0 Å². The van der Waals surface area contributed by atoms with E-state index in [0.717, 1.165) is 5.82 Å². The number of nitrogens with zero attached hydrogens (tertiary/aromatic N) is 3. The van der Waals surface area contributed by atoms with Crippen molar-refractivity contribution < 1.29 is 0 Å². The molecule has 0 spiro atoms. The van der Waals surface area contributed by atoms with Crippen molar-refractivity contribution in [2.45, 2.75) is 0 Å². The van der Waals surface area contributed by atoms with Gasteiger partial charge < -0.3 is 10.3 Å². The van der Waals surface area contributed by atoms with Gasteiger partial charge in [0.1, 0.15) is 5.82 Å². The molecular formula is C8H8N4. The Labute approximate surface area is 69.7 Å². The fraction of sp³-hybridized carbons (Fsp3) is 0. The molecule has 2 rings (SSSR count). The van der Waals surface area contributed by atoms with Gasteiger partial charge in [-0.1, -0.05) is 0 Å². The standard InChI is InChI=1S/C8H8N4/c9-8-10-4-3-7(11-8)12-5-1-2-6-12/h1-6H,(H2,9,10,11). The average Bonchev–Trinajstić information content (AvgIpc) is 2.56. The van der Waals surface area contributed by atoms with Crippen molar-refractivity contribution in [1.29, 1.82) is 0 Å². The molecule has 0 saturated heterocycles. The number of aromatic nitrogens is 3. The number of hydrogen-bond donors (Lipinski definition) is 1. The summed E-state index contributed by atoms with van der Waals surface area (Å²) >= 11 is 0.